The molecule has 0 radical (unpaired) electrons. The Morgan fingerprint density at radius 2 is 2.29 bits per heavy atom. The Morgan fingerprint density at radius 1 is 1.53 bits per heavy atom. The van der Waals surface area contributed by atoms with Gasteiger partial charge >= 0.3 is 0 Å². The van der Waals surface area contributed by atoms with Gasteiger partial charge in [0.25, 0.3) is 0 Å². The van der Waals surface area contributed by atoms with Gasteiger partial charge in [-0.1, -0.05) is 50.3 Å². The van der Waals surface area contributed by atoms with Crippen LogP contribution >= 0.6 is 0 Å². The van der Waals surface area contributed by atoms with Crippen molar-refractivity contribution in [3.8, 4) is 0 Å². The minimum absolute atomic E-state index is 0.595. The van der Waals surface area contributed by atoms with Gasteiger partial charge in [-0.2, -0.15) is 0 Å². The third kappa shape index (κ3) is 4.77. The lowest BCUT2D eigenvalue weighted by molar-refractivity contribution is 0.656. The van der Waals surface area contributed by atoms with Crippen LogP contribution in [-0.2, 0) is 0 Å². The van der Waals surface area contributed by atoms with Crippen molar-refractivity contribution in [2.45, 2.75) is 52.9 Å². The first-order valence-electron chi connectivity index (χ1n) is 6.85. The van der Waals surface area contributed by atoms with Gasteiger partial charge in [-0.05, 0) is 56.1 Å². The highest BCUT2D eigenvalue weighted by Crippen LogP contribution is 2.30. The molecule has 0 aromatic rings. The van der Waals surface area contributed by atoms with E-state index in [9.17, 15) is 0 Å². The monoisotopic (exact) mass is 230 g/mol. The molecule has 94 valence electrons. The highest BCUT2D eigenvalue weighted by molar-refractivity contribution is 5.36. The van der Waals surface area contributed by atoms with E-state index in [2.05, 4.69) is 51.7 Å². The maximum atomic E-state index is 4.06. The first kappa shape index (κ1) is 14.0. The molecule has 1 unspecified atom stereocenters. The number of allylic oxidation sites excluding steroid dienone is 7. The maximum Gasteiger partial charge on any atom is -0.0197 e. The normalized spacial score (nSPS) is 20.6. The zero-order valence-electron chi connectivity index (χ0n) is 11.6. The number of hydrogen-bond donors (Lipinski definition) is 0. The number of hydrogen-bond acceptors (Lipinski definition) is 0. The molecule has 0 fully saturated rings. The third-order valence-electron chi connectivity index (χ3n) is 3.49. The standard InChI is InChI=1S/C17H26/c1-5-6-7-10-16-11-8-9-12-17(16)13-15(4)14(2)3/h6-7,10,12,15H,2,5,8-9,11,13H2,1,3-4H3/b7-6-,16-10+. The summed E-state index contributed by atoms with van der Waals surface area (Å²) in [6.07, 6.45) is 15.2. The van der Waals surface area contributed by atoms with E-state index >= 15 is 0 Å². The van der Waals surface area contributed by atoms with E-state index < -0.39 is 0 Å². The fourth-order valence-corrected chi connectivity index (χ4v) is 2.09. The summed E-state index contributed by atoms with van der Waals surface area (Å²) >= 11 is 0. The van der Waals surface area contributed by atoms with Gasteiger partial charge in [-0.25, -0.2) is 0 Å². The van der Waals surface area contributed by atoms with Crippen LogP contribution < -0.4 is 0 Å². The quantitative estimate of drug-likeness (QED) is 0.540. The molecule has 0 saturated heterocycles. The Kier molecular flexibility index (Phi) is 6.04. The predicted octanol–water partition coefficient (Wildman–Crippen LogP) is 5.59. The Balaban J connectivity index is 2.72. The van der Waals surface area contributed by atoms with Crippen LogP contribution in [0.25, 0.3) is 0 Å². The van der Waals surface area contributed by atoms with E-state index in [1.807, 2.05) is 0 Å². The molecule has 0 aromatic heterocycles. The average molecular weight is 230 g/mol. The fraction of sp³-hybridized carbons (Fsp3) is 0.529. The lowest BCUT2D eigenvalue weighted by Crippen LogP contribution is -2.03. The molecule has 0 heteroatoms. The first-order valence-corrected chi connectivity index (χ1v) is 6.85. The molecule has 0 amide bonds. The van der Waals surface area contributed by atoms with Gasteiger partial charge in [-0.3, -0.25) is 0 Å². The van der Waals surface area contributed by atoms with Crippen molar-refractivity contribution >= 4 is 0 Å². The molecule has 17 heavy (non-hydrogen) atoms. The van der Waals surface area contributed by atoms with Crippen LogP contribution in [0.5, 0.6) is 0 Å². The van der Waals surface area contributed by atoms with Crippen LogP contribution in [0.15, 0.2) is 47.6 Å². The summed E-state index contributed by atoms with van der Waals surface area (Å²) < 4.78 is 0. The lowest BCUT2D eigenvalue weighted by atomic mass is 9.85. The highest BCUT2D eigenvalue weighted by atomic mass is 14.2. The maximum absolute atomic E-state index is 4.06. The van der Waals surface area contributed by atoms with Gasteiger partial charge in [0.05, 0.1) is 0 Å². The SMILES string of the molecule is C=C(C)C(C)CC1=CCCC/C1=C\C=C/CC. The summed E-state index contributed by atoms with van der Waals surface area (Å²) in [7, 11) is 0. The van der Waals surface area contributed by atoms with Crippen molar-refractivity contribution in [1.82, 2.24) is 0 Å². The molecular formula is C17H26. The van der Waals surface area contributed by atoms with Gasteiger partial charge in [0.2, 0.25) is 0 Å². The van der Waals surface area contributed by atoms with Crippen molar-refractivity contribution in [3.63, 3.8) is 0 Å². The minimum atomic E-state index is 0.595. The van der Waals surface area contributed by atoms with Gasteiger partial charge in [0.1, 0.15) is 0 Å². The summed E-state index contributed by atoms with van der Waals surface area (Å²) in [5.74, 6) is 0.595. The summed E-state index contributed by atoms with van der Waals surface area (Å²) in [4.78, 5) is 0. The van der Waals surface area contributed by atoms with Crippen LogP contribution in [-0.4, -0.2) is 0 Å². The summed E-state index contributed by atoms with van der Waals surface area (Å²) in [6.45, 7) is 10.6. The van der Waals surface area contributed by atoms with E-state index in [0.717, 1.165) is 12.8 Å². The zero-order valence-corrected chi connectivity index (χ0v) is 11.6. The smallest absolute Gasteiger partial charge is 0.0197 e. The van der Waals surface area contributed by atoms with Gasteiger partial charge in [0, 0.05) is 0 Å². The minimum Gasteiger partial charge on any atom is -0.0999 e. The van der Waals surface area contributed by atoms with Crippen molar-refractivity contribution < 1.29 is 0 Å². The Hall–Kier alpha value is -1.04. The second kappa shape index (κ2) is 7.32. The molecule has 0 N–H and O–H groups in total. The van der Waals surface area contributed by atoms with E-state index in [-0.39, 0.29) is 0 Å². The van der Waals surface area contributed by atoms with Crippen molar-refractivity contribution in [1.29, 1.82) is 0 Å². The summed E-state index contributed by atoms with van der Waals surface area (Å²) in [5.41, 5.74) is 4.38. The molecule has 0 saturated carbocycles. The van der Waals surface area contributed by atoms with Gasteiger partial charge < -0.3 is 0 Å². The van der Waals surface area contributed by atoms with E-state index in [4.69, 9.17) is 0 Å². The predicted molar refractivity (Wildman–Crippen MR) is 78.0 cm³/mol. The Morgan fingerprint density at radius 3 is 2.94 bits per heavy atom. The largest absolute Gasteiger partial charge is 0.0999 e. The third-order valence-corrected chi connectivity index (χ3v) is 3.49. The van der Waals surface area contributed by atoms with Crippen LogP contribution in [0.2, 0.25) is 0 Å². The Bertz CT molecular complexity index is 339. The molecule has 1 aliphatic carbocycles. The second-order valence-corrected chi connectivity index (χ2v) is 5.10. The van der Waals surface area contributed by atoms with Crippen LogP contribution in [0, 0.1) is 5.92 Å². The zero-order chi connectivity index (χ0) is 12.7. The second-order valence-electron chi connectivity index (χ2n) is 5.10. The molecule has 0 heterocycles. The molecule has 1 aliphatic rings. The molecule has 0 spiro atoms. The van der Waals surface area contributed by atoms with Crippen molar-refractivity contribution in [2.75, 3.05) is 0 Å². The van der Waals surface area contributed by atoms with Crippen LogP contribution in [0.3, 0.4) is 0 Å². The summed E-state index contributed by atoms with van der Waals surface area (Å²) in [5, 5.41) is 0. The van der Waals surface area contributed by atoms with Crippen molar-refractivity contribution in [3.05, 3.63) is 47.6 Å². The molecule has 0 aromatic carbocycles. The van der Waals surface area contributed by atoms with Crippen LogP contribution in [0.1, 0.15) is 52.9 Å². The Labute approximate surface area is 107 Å². The number of rotatable bonds is 5. The molecule has 1 rings (SSSR count). The van der Waals surface area contributed by atoms with E-state index in [1.165, 1.54) is 30.4 Å². The fourth-order valence-electron chi connectivity index (χ4n) is 2.09. The van der Waals surface area contributed by atoms with Gasteiger partial charge in [-0.15, -0.1) is 0 Å². The average Bonchev–Trinajstić information content (AvgIpc) is 2.31. The molecule has 1 atom stereocenters. The van der Waals surface area contributed by atoms with E-state index in [1.54, 1.807) is 5.57 Å². The van der Waals surface area contributed by atoms with E-state index in [0.29, 0.717) is 5.92 Å². The molecular weight excluding hydrogens is 204 g/mol. The van der Waals surface area contributed by atoms with Gasteiger partial charge in [0.15, 0.2) is 0 Å². The van der Waals surface area contributed by atoms with Crippen LogP contribution in [0.4, 0.5) is 0 Å². The topological polar surface area (TPSA) is 0 Å². The highest BCUT2D eigenvalue weighted by Gasteiger charge is 2.13. The first-order chi connectivity index (χ1) is 8.15. The lowest BCUT2D eigenvalue weighted by Gasteiger charge is -2.20. The van der Waals surface area contributed by atoms with Crippen molar-refractivity contribution in [2.24, 2.45) is 5.92 Å². The molecule has 0 bridgehead atoms. The molecule has 0 aliphatic heterocycles. The summed E-state index contributed by atoms with van der Waals surface area (Å²) in [6, 6.07) is 0. The molecule has 0 nitrogen and oxygen atoms in total.